The van der Waals surface area contributed by atoms with E-state index < -0.39 is 5.97 Å². The molecule has 21 heavy (non-hydrogen) atoms. The lowest BCUT2D eigenvalue weighted by Gasteiger charge is -2.26. The minimum absolute atomic E-state index is 0.638. The molecular weight excluding hydrogens is 262 g/mol. The van der Waals surface area contributed by atoms with E-state index in [0.717, 1.165) is 25.2 Å². The van der Waals surface area contributed by atoms with Crippen molar-refractivity contribution >= 4 is 12.0 Å². The predicted molar refractivity (Wildman–Crippen MR) is 88.1 cm³/mol. The van der Waals surface area contributed by atoms with Crippen molar-refractivity contribution in [1.82, 2.24) is 4.90 Å². The fourth-order valence-electron chi connectivity index (χ4n) is 2.46. The smallest absolute Gasteiger partial charge is 0.328 e. The van der Waals surface area contributed by atoms with E-state index in [1.807, 2.05) is 12.1 Å². The zero-order valence-electron chi connectivity index (χ0n) is 13.5. The number of hydrogen-bond acceptors (Lipinski definition) is 2. The molecule has 0 spiro atoms. The van der Waals surface area contributed by atoms with Gasteiger partial charge in [-0.2, -0.15) is 0 Å². The first-order valence-electron chi connectivity index (χ1n) is 7.59. The zero-order valence-corrected chi connectivity index (χ0v) is 13.5. The third-order valence-corrected chi connectivity index (χ3v) is 3.02. The van der Waals surface area contributed by atoms with Gasteiger partial charge < -0.3 is 5.11 Å². The Morgan fingerprint density at radius 1 is 1.19 bits per heavy atom. The molecule has 0 heterocycles. The largest absolute Gasteiger partial charge is 0.478 e. The first-order chi connectivity index (χ1) is 9.86. The van der Waals surface area contributed by atoms with E-state index in [4.69, 9.17) is 5.11 Å². The van der Waals surface area contributed by atoms with Crippen molar-refractivity contribution in [1.29, 1.82) is 0 Å². The van der Waals surface area contributed by atoms with Gasteiger partial charge in [0.25, 0.3) is 0 Å². The van der Waals surface area contributed by atoms with Crippen molar-refractivity contribution in [3.8, 4) is 0 Å². The van der Waals surface area contributed by atoms with E-state index in [9.17, 15) is 4.79 Å². The SMILES string of the molecule is CC(C)CN(Cc1cccc(C=CC(=O)O)c1)CC(C)C. The Morgan fingerprint density at radius 2 is 1.81 bits per heavy atom. The lowest BCUT2D eigenvalue weighted by Crippen LogP contribution is -2.30. The Bertz CT molecular complexity index is 468. The van der Waals surface area contributed by atoms with E-state index >= 15 is 0 Å². The molecule has 3 heteroatoms. The molecule has 0 saturated carbocycles. The van der Waals surface area contributed by atoms with Crippen molar-refractivity contribution in [3.63, 3.8) is 0 Å². The van der Waals surface area contributed by atoms with Gasteiger partial charge in [-0.15, -0.1) is 0 Å². The summed E-state index contributed by atoms with van der Waals surface area (Å²) in [7, 11) is 0. The standard InChI is InChI=1S/C18H27NO2/c1-14(2)11-19(12-15(3)4)13-17-7-5-6-16(10-17)8-9-18(20)21/h5-10,14-15H,11-13H2,1-4H3,(H,20,21). The molecule has 3 nitrogen and oxygen atoms in total. The maximum absolute atomic E-state index is 10.6. The molecule has 0 bridgehead atoms. The van der Waals surface area contributed by atoms with Crippen LogP contribution in [0.2, 0.25) is 0 Å². The molecule has 0 aliphatic heterocycles. The highest BCUT2D eigenvalue weighted by atomic mass is 16.4. The summed E-state index contributed by atoms with van der Waals surface area (Å²) in [5.41, 5.74) is 2.16. The van der Waals surface area contributed by atoms with Crippen LogP contribution in [0.1, 0.15) is 38.8 Å². The van der Waals surface area contributed by atoms with Crippen LogP contribution in [0.15, 0.2) is 30.3 Å². The maximum atomic E-state index is 10.6. The van der Waals surface area contributed by atoms with Crippen LogP contribution in [-0.4, -0.2) is 29.1 Å². The molecule has 0 radical (unpaired) electrons. The van der Waals surface area contributed by atoms with E-state index in [1.165, 1.54) is 11.6 Å². The molecule has 0 aromatic heterocycles. The fourth-order valence-corrected chi connectivity index (χ4v) is 2.46. The molecule has 1 rings (SSSR count). The van der Waals surface area contributed by atoms with Gasteiger partial charge in [0.1, 0.15) is 0 Å². The van der Waals surface area contributed by atoms with Crippen LogP contribution in [0, 0.1) is 11.8 Å². The number of rotatable bonds is 8. The summed E-state index contributed by atoms with van der Waals surface area (Å²) < 4.78 is 0. The Morgan fingerprint density at radius 3 is 2.33 bits per heavy atom. The molecule has 0 fully saturated rings. The normalized spacial score (nSPS) is 12.0. The van der Waals surface area contributed by atoms with Gasteiger partial charge in [-0.05, 0) is 29.0 Å². The highest BCUT2D eigenvalue weighted by molar-refractivity contribution is 5.85. The molecule has 0 aliphatic rings. The minimum atomic E-state index is -0.915. The van der Waals surface area contributed by atoms with Crippen LogP contribution >= 0.6 is 0 Å². The summed E-state index contributed by atoms with van der Waals surface area (Å²) >= 11 is 0. The predicted octanol–water partition coefficient (Wildman–Crippen LogP) is 3.90. The summed E-state index contributed by atoms with van der Waals surface area (Å²) in [4.78, 5) is 13.1. The van der Waals surface area contributed by atoms with Crippen molar-refractivity contribution in [2.45, 2.75) is 34.2 Å². The van der Waals surface area contributed by atoms with Crippen molar-refractivity contribution < 1.29 is 9.90 Å². The molecule has 1 aromatic rings. The maximum Gasteiger partial charge on any atom is 0.328 e. The van der Waals surface area contributed by atoms with Crippen LogP contribution in [0.3, 0.4) is 0 Å². The van der Waals surface area contributed by atoms with Crippen LogP contribution < -0.4 is 0 Å². The first-order valence-corrected chi connectivity index (χ1v) is 7.59. The van der Waals surface area contributed by atoms with E-state index in [2.05, 4.69) is 44.7 Å². The second-order valence-corrected chi connectivity index (χ2v) is 6.40. The molecule has 0 aliphatic carbocycles. The number of carboxylic acid groups (broad SMARTS) is 1. The van der Waals surface area contributed by atoms with Crippen molar-refractivity contribution in [2.75, 3.05) is 13.1 Å². The number of nitrogens with zero attached hydrogens (tertiary/aromatic N) is 1. The van der Waals surface area contributed by atoms with E-state index in [0.29, 0.717) is 11.8 Å². The molecule has 1 aromatic carbocycles. The molecular formula is C18H27NO2. The van der Waals surface area contributed by atoms with Gasteiger partial charge in [0.2, 0.25) is 0 Å². The molecule has 0 atom stereocenters. The van der Waals surface area contributed by atoms with Gasteiger partial charge in [0, 0.05) is 25.7 Å². The van der Waals surface area contributed by atoms with Gasteiger partial charge in [-0.25, -0.2) is 4.79 Å². The summed E-state index contributed by atoms with van der Waals surface area (Å²) in [6.45, 7) is 12.0. The Balaban J connectivity index is 2.78. The summed E-state index contributed by atoms with van der Waals surface area (Å²) in [5, 5.41) is 8.69. The third-order valence-electron chi connectivity index (χ3n) is 3.02. The first kappa shape index (κ1) is 17.4. The monoisotopic (exact) mass is 289 g/mol. The highest BCUT2D eigenvalue weighted by Crippen LogP contribution is 2.13. The van der Waals surface area contributed by atoms with Gasteiger partial charge >= 0.3 is 5.97 Å². The molecule has 0 saturated heterocycles. The number of carbonyl (C=O) groups is 1. The lowest BCUT2D eigenvalue weighted by molar-refractivity contribution is -0.131. The van der Waals surface area contributed by atoms with Crippen LogP contribution in [0.25, 0.3) is 6.08 Å². The van der Waals surface area contributed by atoms with Gasteiger partial charge in [0.05, 0.1) is 0 Å². The van der Waals surface area contributed by atoms with Crippen molar-refractivity contribution in [3.05, 3.63) is 41.5 Å². The minimum Gasteiger partial charge on any atom is -0.478 e. The highest BCUT2D eigenvalue weighted by Gasteiger charge is 2.10. The van der Waals surface area contributed by atoms with Crippen molar-refractivity contribution in [2.24, 2.45) is 11.8 Å². The topological polar surface area (TPSA) is 40.5 Å². The lowest BCUT2D eigenvalue weighted by atomic mass is 10.1. The molecule has 0 unspecified atom stereocenters. The molecule has 116 valence electrons. The average Bonchev–Trinajstić information content (AvgIpc) is 2.35. The quantitative estimate of drug-likeness (QED) is 0.738. The Hall–Kier alpha value is -1.61. The second kappa shape index (κ2) is 8.63. The third kappa shape index (κ3) is 7.66. The summed E-state index contributed by atoms with van der Waals surface area (Å²) in [6, 6.07) is 8.08. The average molecular weight is 289 g/mol. The summed E-state index contributed by atoms with van der Waals surface area (Å²) in [6.07, 6.45) is 2.82. The number of aliphatic carboxylic acids is 1. The molecule has 1 N–H and O–H groups in total. The van der Waals surface area contributed by atoms with Gasteiger partial charge in [-0.3, -0.25) is 4.90 Å². The van der Waals surface area contributed by atoms with Crippen LogP contribution in [-0.2, 0) is 11.3 Å². The van der Waals surface area contributed by atoms with Crippen LogP contribution in [0.4, 0.5) is 0 Å². The second-order valence-electron chi connectivity index (χ2n) is 6.40. The van der Waals surface area contributed by atoms with E-state index in [-0.39, 0.29) is 0 Å². The zero-order chi connectivity index (χ0) is 15.8. The molecule has 0 amide bonds. The van der Waals surface area contributed by atoms with E-state index in [1.54, 1.807) is 6.08 Å². The van der Waals surface area contributed by atoms with Gasteiger partial charge in [0.15, 0.2) is 0 Å². The Kier molecular flexibility index (Phi) is 7.17. The van der Waals surface area contributed by atoms with Crippen LogP contribution in [0.5, 0.6) is 0 Å². The number of carboxylic acids is 1. The fraction of sp³-hybridized carbons (Fsp3) is 0.500. The Labute approximate surface area is 128 Å². The van der Waals surface area contributed by atoms with Gasteiger partial charge in [-0.1, -0.05) is 52.0 Å². The number of hydrogen-bond donors (Lipinski definition) is 1. The summed E-state index contributed by atoms with van der Waals surface area (Å²) in [5.74, 6) is 0.360. The number of benzene rings is 1.